The van der Waals surface area contributed by atoms with Gasteiger partial charge < -0.3 is 9.88 Å². The molecule has 1 heterocycles. The zero-order valence-electron chi connectivity index (χ0n) is 13.1. The highest BCUT2D eigenvalue weighted by Gasteiger charge is 2.11. The first kappa shape index (κ1) is 16.8. The zero-order valence-corrected chi connectivity index (χ0v) is 15.5. The lowest BCUT2D eigenvalue weighted by Gasteiger charge is -2.08. The van der Waals surface area contributed by atoms with E-state index < -0.39 is 0 Å². The summed E-state index contributed by atoms with van der Waals surface area (Å²) in [4.78, 5) is 16.6. The van der Waals surface area contributed by atoms with Crippen LogP contribution in [0.3, 0.4) is 0 Å². The Bertz CT molecular complexity index is 848. The molecule has 4 nitrogen and oxygen atoms in total. The van der Waals surface area contributed by atoms with Crippen molar-refractivity contribution >= 4 is 39.3 Å². The minimum atomic E-state index is -0.0591. The number of halogens is 1. The fourth-order valence-electron chi connectivity index (χ4n) is 2.28. The minimum Gasteiger partial charge on any atom is -0.324 e. The number of benzene rings is 2. The van der Waals surface area contributed by atoms with Gasteiger partial charge in [0.05, 0.1) is 23.3 Å². The largest absolute Gasteiger partial charge is 0.324 e. The average molecular weight is 402 g/mol. The minimum absolute atomic E-state index is 0.0591. The maximum atomic E-state index is 12.1. The van der Waals surface area contributed by atoms with Crippen LogP contribution in [-0.2, 0) is 11.8 Å². The number of rotatable bonds is 5. The van der Waals surface area contributed by atoms with Gasteiger partial charge in [-0.1, -0.05) is 54.2 Å². The molecule has 0 unspecified atom stereocenters. The van der Waals surface area contributed by atoms with Gasteiger partial charge in [-0.15, -0.1) is 0 Å². The van der Waals surface area contributed by atoms with Crippen molar-refractivity contribution in [1.29, 1.82) is 0 Å². The van der Waals surface area contributed by atoms with Crippen LogP contribution in [0.5, 0.6) is 0 Å². The van der Waals surface area contributed by atoms with Crippen LogP contribution < -0.4 is 5.32 Å². The summed E-state index contributed by atoms with van der Waals surface area (Å²) in [6.45, 7) is 0. The van der Waals surface area contributed by atoms with Gasteiger partial charge in [0.25, 0.3) is 0 Å². The van der Waals surface area contributed by atoms with Crippen molar-refractivity contribution in [2.75, 3.05) is 11.1 Å². The molecule has 0 radical (unpaired) electrons. The van der Waals surface area contributed by atoms with Crippen molar-refractivity contribution in [2.24, 2.45) is 7.05 Å². The van der Waals surface area contributed by atoms with Gasteiger partial charge in [-0.05, 0) is 33.6 Å². The highest BCUT2D eigenvalue weighted by Crippen LogP contribution is 2.25. The van der Waals surface area contributed by atoms with Gasteiger partial charge >= 0.3 is 0 Å². The second-order valence-corrected chi connectivity index (χ2v) is 6.96. The summed E-state index contributed by atoms with van der Waals surface area (Å²) in [5, 5.41) is 3.71. The normalized spacial score (nSPS) is 10.6. The molecule has 122 valence electrons. The van der Waals surface area contributed by atoms with Crippen molar-refractivity contribution in [3.63, 3.8) is 0 Å². The fourth-order valence-corrected chi connectivity index (χ4v) is 3.42. The SMILES string of the molecule is Cn1c(-c2ccccc2)cnc1SCC(=O)Nc1ccccc1Br. The van der Waals surface area contributed by atoms with Gasteiger partial charge in [-0.3, -0.25) is 4.79 Å². The molecule has 3 aromatic rings. The number of amides is 1. The van der Waals surface area contributed by atoms with E-state index >= 15 is 0 Å². The molecule has 3 rings (SSSR count). The number of carbonyl (C=O) groups excluding carboxylic acids is 1. The van der Waals surface area contributed by atoms with Gasteiger partial charge in [-0.2, -0.15) is 0 Å². The predicted molar refractivity (Wildman–Crippen MR) is 102 cm³/mol. The highest BCUT2D eigenvalue weighted by atomic mass is 79.9. The van der Waals surface area contributed by atoms with Gasteiger partial charge in [0.2, 0.25) is 5.91 Å². The van der Waals surface area contributed by atoms with Crippen LogP contribution in [0.25, 0.3) is 11.3 Å². The third-order valence-electron chi connectivity index (χ3n) is 3.50. The standard InChI is InChI=1S/C18H16BrN3OS/c1-22-16(13-7-3-2-4-8-13)11-20-18(22)24-12-17(23)21-15-10-6-5-9-14(15)19/h2-11H,12H2,1H3,(H,21,23). The fraction of sp³-hybridized carbons (Fsp3) is 0.111. The Balaban J connectivity index is 1.64. The molecule has 24 heavy (non-hydrogen) atoms. The van der Waals surface area contributed by atoms with Crippen LogP contribution in [0.4, 0.5) is 5.69 Å². The quantitative estimate of drug-likeness (QED) is 0.636. The molecule has 1 amide bonds. The number of para-hydroxylation sites is 1. The number of hydrogen-bond acceptors (Lipinski definition) is 3. The topological polar surface area (TPSA) is 46.9 Å². The van der Waals surface area contributed by atoms with E-state index in [0.29, 0.717) is 5.75 Å². The molecule has 1 N–H and O–H groups in total. The van der Waals surface area contributed by atoms with Crippen LogP contribution >= 0.6 is 27.7 Å². The third kappa shape index (κ3) is 3.88. The molecule has 0 aliphatic rings. The molecule has 6 heteroatoms. The molecular formula is C18H16BrN3OS. The molecule has 1 aromatic heterocycles. The van der Waals surface area contributed by atoms with E-state index in [1.54, 1.807) is 0 Å². The first-order chi connectivity index (χ1) is 11.6. The lowest BCUT2D eigenvalue weighted by Crippen LogP contribution is -2.14. The second-order valence-electron chi connectivity index (χ2n) is 5.17. The van der Waals surface area contributed by atoms with Crippen LogP contribution in [0.1, 0.15) is 0 Å². The molecular weight excluding hydrogens is 386 g/mol. The van der Waals surface area contributed by atoms with E-state index in [0.717, 1.165) is 26.6 Å². The Morgan fingerprint density at radius 1 is 1.17 bits per heavy atom. The smallest absolute Gasteiger partial charge is 0.234 e. The Kier molecular flexibility index (Phi) is 5.37. The maximum Gasteiger partial charge on any atom is 0.234 e. The monoisotopic (exact) mass is 401 g/mol. The number of imidazole rings is 1. The summed E-state index contributed by atoms with van der Waals surface area (Å²) in [5.74, 6) is 0.247. The number of anilines is 1. The van der Waals surface area contributed by atoms with Gasteiger partial charge in [-0.25, -0.2) is 4.98 Å². The summed E-state index contributed by atoms with van der Waals surface area (Å²) in [5.41, 5.74) is 2.91. The molecule has 0 atom stereocenters. The van der Waals surface area contributed by atoms with Crippen LogP contribution in [0, 0.1) is 0 Å². The maximum absolute atomic E-state index is 12.1. The molecule has 0 saturated heterocycles. The van der Waals surface area contributed by atoms with Crippen molar-refractivity contribution in [1.82, 2.24) is 9.55 Å². The summed E-state index contributed by atoms with van der Waals surface area (Å²) in [6, 6.07) is 17.6. The summed E-state index contributed by atoms with van der Waals surface area (Å²) in [6.07, 6.45) is 1.84. The van der Waals surface area contributed by atoms with Gasteiger partial charge in [0.15, 0.2) is 5.16 Å². The zero-order chi connectivity index (χ0) is 16.9. The van der Waals surface area contributed by atoms with E-state index in [1.165, 1.54) is 11.8 Å². The van der Waals surface area contributed by atoms with E-state index in [2.05, 4.69) is 26.2 Å². The average Bonchev–Trinajstić information content (AvgIpc) is 2.97. The second kappa shape index (κ2) is 7.68. The van der Waals surface area contributed by atoms with Crippen LogP contribution in [0.15, 0.2) is 70.4 Å². The molecule has 0 aliphatic heterocycles. The number of hydrogen-bond donors (Lipinski definition) is 1. The number of nitrogens with one attached hydrogen (secondary N) is 1. The van der Waals surface area contributed by atoms with Crippen molar-refractivity contribution in [3.8, 4) is 11.3 Å². The lowest BCUT2D eigenvalue weighted by atomic mass is 10.2. The predicted octanol–water partition coefficient (Wildman–Crippen LogP) is 4.58. The summed E-state index contributed by atoms with van der Waals surface area (Å²) in [7, 11) is 1.96. The Morgan fingerprint density at radius 3 is 2.62 bits per heavy atom. The van der Waals surface area contributed by atoms with E-state index in [-0.39, 0.29) is 5.91 Å². The van der Waals surface area contributed by atoms with E-state index in [1.807, 2.05) is 72.4 Å². The first-order valence-electron chi connectivity index (χ1n) is 7.39. The van der Waals surface area contributed by atoms with E-state index in [4.69, 9.17) is 0 Å². The summed E-state index contributed by atoms with van der Waals surface area (Å²) < 4.78 is 2.87. The number of aromatic nitrogens is 2. The molecule has 0 spiro atoms. The Hall–Kier alpha value is -2.05. The van der Waals surface area contributed by atoms with E-state index in [9.17, 15) is 4.79 Å². The van der Waals surface area contributed by atoms with Crippen LogP contribution in [0.2, 0.25) is 0 Å². The number of nitrogens with zero attached hydrogens (tertiary/aromatic N) is 2. The molecule has 2 aromatic carbocycles. The summed E-state index contributed by atoms with van der Waals surface area (Å²) >= 11 is 4.84. The third-order valence-corrected chi connectivity index (χ3v) is 5.23. The van der Waals surface area contributed by atoms with Crippen molar-refractivity contribution in [2.45, 2.75) is 5.16 Å². The van der Waals surface area contributed by atoms with Gasteiger partial charge in [0, 0.05) is 11.5 Å². The first-order valence-corrected chi connectivity index (χ1v) is 9.17. The Labute approximate surface area is 153 Å². The molecule has 0 fully saturated rings. The van der Waals surface area contributed by atoms with Gasteiger partial charge in [0.1, 0.15) is 0 Å². The number of carbonyl (C=O) groups is 1. The number of thioether (sulfide) groups is 1. The Morgan fingerprint density at radius 2 is 1.88 bits per heavy atom. The molecule has 0 bridgehead atoms. The highest BCUT2D eigenvalue weighted by molar-refractivity contribution is 9.10. The lowest BCUT2D eigenvalue weighted by molar-refractivity contribution is -0.113. The molecule has 0 aliphatic carbocycles. The van der Waals surface area contributed by atoms with Crippen molar-refractivity contribution < 1.29 is 4.79 Å². The molecule has 0 saturated carbocycles. The van der Waals surface area contributed by atoms with Crippen LogP contribution in [-0.4, -0.2) is 21.2 Å². The van der Waals surface area contributed by atoms with Crippen molar-refractivity contribution in [3.05, 3.63) is 65.3 Å².